The highest BCUT2D eigenvalue weighted by molar-refractivity contribution is 5.44. The van der Waals surface area contributed by atoms with E-state index in [2.05, 4.69) is 6.58 Å². The number of ether oxygens (including phenoxy) is 1. The van der Waals surface area contributed by atoms with Crippen molar-refractivity contribution in [1.82, 2.24) is 0 Å². The first kappa shape index (κ1) is 10.8. The van der Waals surface area contributed by atoms with E-state index >= 15 is 0 Å². The number of hydrogen-bond acceptors (Lipinski definition) is 2. The van der Waals surface area contributed by atoms with Gasteiger partial charge >= 0.3 is 0 Å². The van der Waals surface area contributed by atoms with Crippen LogP contribution in [0.4, 0.5) is 0 Å². The van der Waals surface area contributed by atoms with E-state index in [1.54, 1.807) is 13.2 Å². The maximum atomic E-state index is 5.86. The predicted molar refractivity (Wildman–Crippen MR) is 59.6 cm³/mol. The second kappa shape index (κ2) is 4.29. The van der Waals surface area contributed by atoms with E-state index in [0.717, 1.165) is 22.4 Å². The van der Waals surface area contributed by atoms with Crippen LogP contribution < -0.4 is 10.5 Å². The molecular weight excluding hydrogens is 174 g/mol. The van der Waals surface area contributed by atoms with Crippen LogP contribution >= 0.6 is 0 Å². The van der Waals surface area contributed by atoms with E-state index in [9.17, 15) is 0 Å². The van der Waals surface area contributed by atoms with Crippen molar-refractivity contribution >= 4 is 0 Å². The summed E-state index contributed by atoms with van der Waals surface area (Å²) in [4.78, 5) is 0. The van der Waals surface area contributed by atoms with Crippen molar-refractivity contribution < 1.29 is 4.74 Å². The minimum atomic E-state index is -0.0988. The molecular formula is C12H17NO. The maximum Gasteiger partial charge on any atom is 0.124 e. The lowest BCUT2D eigenvalue weighted by atomic mass is 10.0. The summed E-state index contributed by atoms with van der Waals surface area (Å²) in [5.41, 5.74) is 9.17. The average molecular weight is 191 g/mol. The van der Waals surface area contributed by atoms with E-state index in [0.29, 0.717) is 0 Å². The molecule has 0 heterocycles. The highest BCUT2D eigenvalue weighted by atomic mass is 16.5. The van der Waals surface area contributed by atoms with Crippen molar-refractivity contribution in [1.29, 1.82) is 0 Å². The Morgan fingerprint density at radius 2 is 1.86 bits per heavy atom. The molecule has 2 heteroatoms. The zero-order valence-electron chi connectivity index (χ0n) is 9.00. The van der Waals surface area contributed by atoms with E-state index in [1.807, 2.05) is 26.0 Å². The molecule has 0 aliphatic heterocycles. The topological polar surface area (TPSA) is 35.2 Å². The number of aryl methyl sites for hydroxylation is 2. The molecule has 0 aliphatic carbocycles. The van der Waals surface area contributed by atoms with Gasteiger partial charge in [-0.3, -0.25) is 0 Å². The molecule has 0 aliphatic rings. The molecule has 76 valence electrons. The summed E-state index contributed by atoms with van der Waals surface area (Å²) in [6.07, 6.45) is 1.74. The van der Waals surface area contributed by atoms with Crippen LogP contribution in [0.15, 0.2) is 24.8 Å². The molecule has 2 nitrogen and oxygen atoms in total. The highest BCUT2D eigenvalue weighted by Crippen LogP contribution is 2.26. The first-order chi connectivity index (χ1) is 6.60. The highest BCUT2D eigenvalue weighted by Gasteiger charge is 2.08. The summed E-state index contributed by atoms with van der Waals surface area (Å²) in [7, 11) is 1.68. The largest absolute Gasteiger partial charge is 0.496 e. The van der Waals surface area contributed by atoms with Crippen molar-refractivity contribution in [2.24, 2.45) is 5.73 Å². The Labute approximate surface area is 85.4 Å². The van der Waals surface area contributed by atoms with Crippen molar-refractivity contribution in [2.75, 3.05) is 7.11 Å². The standard InChI is InChI=1S/C12H17NO/c1-5-11(13)10-6-8(2)12(14-4)9(3)7-10/h5-7,11H,1,13H2,2-4H3. The van der Waals surface area contributed by atoms with Crippen LogP contribution in [-0.4, -0.2) is 7.11 Å². The monoisotopic (exact) mass is 191 g/mol. The first-order valence-corrected chi connectivity index (χ1v) is 4.63. The smallest absolute Gasteiger partial charge is 0.124 e. The molecule has 1 aromatic carbocycles. The van der Waals surface area contributed by atoms with E-state index < -0.39 is 0 Å². The van der Waals surface area contributed by atoms with Gasteiger partial charge in [0.1, 0.15) is 5.75 Å². The summed E-state index contributed by atoms with van der Waals surface area (Å²) in [5.74, 6) is 0.935. The van der Waals surface area contributed by atoms with Gasteiger partial charge in [-0.15, -0.1) is 6.58 Å². The fourth-order valence-electron chi connectivity index (χ4n) is 1.63. The van der Waals surface area contributed by atoms with Gasteiger partial charge in [0, 0.05) is 6.04 Å². The van der Waals surface area contributed by atoms with Gasteiger partial charge in [-0.25, -0.2) is 0 Å². The van der Waals surface area contributed by atoms with Crippen molar-refractivity contribution in [3.8, 4) is 5.75 Å². The van der Waals surface area contributed by atoms with Crippen LogP contribution in [0, 0.1) is 13.8 Å². The van der Waals surface area contributed by atoms with E-state index in [1.165, 1.54) is 0 Å². The molecule has 0 radical (unpaired) electrons. The van der Waals surface area contributed by atoms with Crippen molar-refractivity contribution in [2.45, 2.75) is 19.9 Å². The summed E-state index contributed by atoms with van der Waals surface area (Å²) < 4.78 is 5.28. The van der Waals surface area contributed by atoms with Gasteiger partial charge in [0.15, 0.2) is 0 Å². The molecule has 0 saturated heterocycles. The minimum absolute atomic E-state index is 0.0988. The number of nitrogens with two attached hydrogens (primary N) is 1. The Balaban J connectivity index is 3.20. The molecule has 1 aromatic rings. The zero-order valence-corrected chi connectivity index (χ0v) is 9.00. The SMILES string of the molecule is C=CC(N)c1cc(C)c(OC)c(C)c1. The quantitative estimate of drug-likeness (QED) is 0.745. The molecule has 2 N–H and O–H groups in total. The van der Waals surface area contributed by atoms with Crippen LogP contribution in [-0.2, 0) is 0 Å². The molecule has 0 bridgehead atoms. The van der Waals surface area contributed by atoms with Crippen LogP contribution in [0.3, 0.4) is 0 Å². The van der Waals surface area contributed by atoms with Crippen LogP contribution in [0.1, 0.15) is 22.7 Å². The normalized spacial score (nSPS) is 12.3. The average Bonchev–Trinajstić information content (AvgIpc) is 2.16. The molecule has 0 spiro atoms. The lowest BCUT2D eigenvalue weighted by molar-refractivity contribution is 0.408. The molecule has 1 atom stereocenters. The van der Waals surface area contributed by atoms with Gasteiger partial charge in [-0.05, 0) is 30.5 Å². The zero-order chi connectivity index (χ0) is 10.7. The van der Waals surface area contributed by atoms with Crippen molar-refractivity contribution in [3.05, 3.63) is 41.5 Å². The first-order valence-electron chi connectivity index (χ1n) is 4.63. The van der Waals surface area contributed by atoms with E-state index in [-0.39, 0.29) is 6.04 Å². The maximum absolute atomic E-state index is 5.86. The van der Waals surface area contributed by atoms with Gasteiger partial charge in [0.05, 0.1) is 7.11 Å². The second-order valence-electron chi connectivity index (χ2n) is 3.45. The second-order valence-corrected chi connectivity index (χ2v) is 3.45. The lowest BCUT2D eigenvalue weighted by Crippen LogP contribution is -2.07. The third-order valence-electron chi connectivity index (χ3n) is 2.33. The number of rotatable bonds is 3. The van der Waals surface area contributed by atoms with Crippen LogP contribution in [0.5, 0.6) is 5.75 Å². The molecule has 14 heavy (non-hydrogen) atoms. The van der Waals surface area contributed by atoms with Gasteiger partial charge in [0.2, 0.25) is 0 Å². The fraction of sp³-hybridized carbons (Fsp3) is 0.333. The minimum Gasteiger partial charge on any atom is -0.496 e. The van der Waals surface area contributed by atoms with Gasteiger partial charge in [-0.2, -0.15) is 0 Å². The third kappa shape index (κ3) is 1.96. The summed E-state index contributed by atoms with van der Waals surface area (Å²) >= 11 is 0. The lowest BCUT2D eigenvalue weighted by Gasteiger charge is -2.13. The Bertz CT molecular complexity index is 321. The van der Waals surface area contributed by atoms with E-state index in [4.69, 9.17) is 10.5 Å². The van der Waals surface area contributed by atoms with Crippen LogP contribution in [0.25, 0.3) is 0 Å². The molecule has 0 aromatic heterocycles. The van der Waals surface area contributed by atoms with Gasteiger partial charge in [-0.1, -0.05) is 18.2 Å². The fourth-order valence-corrected chi connectivity index (χ4v) is 1.63. The Morgan fingerprint density at radius 3 is 2.21 bits per heavy atom. The Kier molecular flexibility index (Phi) is 3.31. The Hall–Kier alpha value is -1.28. The van der Waals surface area contributed by atoms with Crippen molar-refractivity contribution in [3.63, 3.8) is 0 Å². The number of methoxy groups -OCH3 is 1. The summed E-state index contributed by atoms with van der Waals surface area (Å²) in [6, 6.07) is 3.98. The molecule has 0 amide bonds. The summed E-state index contributed by atoms with van der Waals surface area (Å²) in [6.45, 7) is 7.72. The Morgan fingerprint density at radius 1 is 1.36 bits per heavy atom. The molecule has 0 saturated carbocycles. The number of hydrogen-bond donors (Lipinski definition) is 1. The molecule has 0 fully saturated rings. The summed E-state index contributed by atoms with van der Waals surface area (Å²) in [5, 5.41) is 0. The predicted octanol–water partition coefficient (Wildman–Crippen LogP) is 2.50. The number of benzene rings is 1. The molecule has 1 rings (SSSR count). The van der Waals surface area contributed by atoms with Gasteiger partial charge in [0.25, 0.3) is 0 Å². The third-order valence-corrected chi connectivity index (χ3v) is 2.33. The van der Waals surface area contributed by atoms with Crippen LogP contribution in [0.2, 0.25) is 0 Å². The van der Waals surface area contributed by atoms with Gasteiger partial charge < -0.3 is 10.5 Å². The molecule has 1 unspecified atom stereocenters.